The van der Waals surface area contributed by atoms with E-state index >= 15 is 0 Å². The number of methoxy groups -OCH3 is 2. The van der Waals surface area contributed by atoms with E-state index in [1.165, 1.54) is 0 Å². The Morgan fingerprint density at radius 3 is 2.26 bits per heavy atom. The van der Waals surface area contributed by atoms with E-state index in [-0.39, 0.29) is 36.1 Å². The summed E-state index contributed by atoms with van der Waals surface area (Å²) in [5.74, 6) is -0.347. The summed E-state index contributed by atoms with van der Waals surface area (Å²) in [6.45, 7) is 1.85. The summed E-state index contributed by atoms with van der Waals surface area (Å²) < 4.78 is 10.4. The van der Waals surface area contributed by atoms with Gasteiger partial charge in [0.2, 0.25) is 17.7 Å². The number of amides is 3. The van der Waals surface area contributed by atoms with Crippen LogP contribution in [0.15, 0.2) is 30.4 Å². The molecule has 0 bridgehead atoms. The second-order valence-electron chi connectivity index (χ2n) is 6.79. The number of nitrogens with one attached hydrogen (secondary N) is 1. The summed E-state index contributed by atoms with van der Waals surface area (Å²) in [6.07, 6.45) is 4.98. The third kappa shape index (κ3) is 3.54. The first-order chi connectivity index (χ1) is 13.0. The zero-order valence-electron chi connectivity index (χ0n) is 15.7. The van der Waals surface area contributed by atoms with E-state index in [1.807, 2.05) is 18.2 Å². The van der Waals surface area contributed by atoms with Gasteiger partial charge >= 0.3 is 0 Å². The Labute approximate surface area is 158 Å². The molecule has 3 rings (SSSR count). The molecule has 0 saturated carbocycles. The van der Waals surface area contributed by atoms with Crippen molar-refractivity contribution in [1.29, 1.82) is 0 Å². The normalized spacial score (nSPS) is 22.4. The maximum absolute atomic E-state index is 12.6. The Morgan fingerprint density at radius 1 is 1.11 bits per heavy atom. The molecule has 1 aromatic carbocycles. The van der Waals surface area contributed by atoms with Crippen LogP contribution in [0.4, 0.5) is 0 Å². The molecule has 1 aromatic rings. The average molecular weight is 372 g/mol. The van der Waals surface area contributed by atoms with Crippen molar-refractivity contribution in [2.24, 2.45) is 11.8 Å². The number of hydrogen-bond acceptors (Lipinski definition) is 5. The maximum Gasteiger partial charge on any atom is 0.243 e. The van der Waals surface area contributed by atoms with Crippen molar-refractivity contribution in [3.63, 3.8) is 0 Å². The lowest BCUT2D eigenvalue weighted by molar-refractivity contribution is -0.147. The van der Waals surface area contributed by atoms with Crippen molar-refractivity contribution in [3.8, 4) is 11.5 Å². The number of allylic oxidation sites excluding steroid dienone is 2. The highest BCUT2D eigenvalue weighted by molar-refractivity contribution is 6.08. The SMILES string of the molecule is COc1ccc(CNC(=O)[C@H](C)N2C(=O)[C@@H]3CC=CC[C@H]3C2=O)cc1OC. The number of nitrogens with zero attached hydrogens (tertiary/aromatic N) is 1. The molecule has 1 aliphatic carbocycles. The fourth-order valence-electron chi connectivity index (χ4n) is 3.65. The van der Waals surface area contributed by atoms with Gasteiger partial charge in [-0.05, 0) is 37.5 Å². The molecule has 0 radical (unpaired) electrons. The molecule has 7 heteroatoms. The molecule has 0 aromatic heterocycles. The molecule has 3 atom stereocenters. The number of likely N-dealkylation sites (tertiary alicyclic amines) is 1. The van der Waals surface area contributed by atoms with Crippen LogP contribution in [0.2, 0.25) is 0 Å². The average Bonchev–Trinajstić information content (AvgIpc) is 2.96. The number of hydrogen-bond donors (Lipinski definition) is 1. The van der Waals surface area contributed by atoms with Gasteiger partial charge in [-0.1, -0.05) is 18.2 Å². The Hall–Kier alpha value is -2.83. The largest absolute Gasteiger partial charge is 0.493 e. The van der Waals surface area contributed by atoms with Crippen LogP contribution in [0.3, 0.4) is 0 Å². The van der Waals surface area contributed by atoms with E-state index in [0.29, 0.717) is 24.3 Å². The van der Waals surface area contributed by atoms with Crippen LogP contribution in [0.5, 0.6) is 11.5 Å². The molecule has 1 heterocycles. The fraction of sp³-hybridized carbons (Fsp3) is 0.450. The summed E-state index contributed by atoms with van der Waals surface area (Å²) in [4.78, 5) is 38.9. The van der Waals surface area contributed by atoms with E-state index in [4.69, 9.17) is 9.47 Å². The quantitative estimate of drug-likeness (QED) is 0.606. The Balaban J connectivity index is 1.64. The predicted octanol–water partition coefficient (Wildman–Crippen LogP) is 1.66. The van der Waals surface area contributed by atoms with Gasteiger partial charge in [0.15, 0.2) is 11.5 Å². The molecule has 7 nitrogen and oxygen atoms in total. The first-order valence-electron chi connectivity index (χ1n) is 8.98. The Morgan fingerprint density at radius 2 is 1.70 bits per heavy atom. The van der Waals surface area contributed by atoms with Crippen LogP contribution < -0.4 is 14.8 Å². The van der Waals surface area contributed by atoms with Gasteiger partial charge in [0.1, 0.15) is 6.04 Å². The van der Waals surface area contributed by atoms with Gasteiger partial charge in [0.05, 0.1) is 26.1 Å². The van der Waals surface area contributed by atoms with E-state index in [1.54, 1.807) is 33.3 Å². The molecule has 1 N–H and O–H groups in total. The van der Waals surface area contributed by atoms with Crippen LogP contribution in [0.25, 0.3) is 0 Å². The zero-order valence-corrected chi connectivity index (χ0v) is 15.7. The minimum absolute atomic E-state index is 0.247. The summed E-state index contributed by atoms with van der Waals surface area (Å²) in [5.41, 5.74) is 0.824. The number of imide groups is 1. The number of fused-ring (bicyclic) bond motifs is 1. The van der Waals surface area contributed by atoms with Crippen molar-refractivity contribution in [1.82, 2.24) is 10.2 Å². The van der Waals surface area contributed by atoms with Crippen molar-refractivity contribution in [3.05, 3.63) is 35.9 Å². The van der Waals surface area contributed by atoms with Crippen LogP contribution in [-0.2, 0) is 20.9 Å². The van der Waals surface area contributed by atoms with Crippen molar-refractivity contribution >= 4 is 17.7 Å². The number of ether oxygens (including phenoxy) is 2. The lowest BCUT2D eigenvalue weighted by Gasteiger charge is -2.22. The van der Waals surface area contributed by atoms with Gasteiger partial charge in [-0.15, -0.1) is 0 Å². The van der Waals surface area contributed by atoms with Crippen LogP contribution in [0.1, 0.15) is 25.3 Å². The van der Waals surface area contributed by atoms with Crippen molar-refractivity contribution in [2.45, 2.75) is 32.4 Å². The molecule has 27 heavy (non-hydrogen) atoms. The molecule has 0 unspecified atom stereocenters. The topological polar surface area (TPSA) is 84.9 Å². The first-order valence-corrected chi connectivity index (χ1v) is 8.98. The number of benzene rings is 1. The monoisotopic (exact) mass is 372 g/mol. The Bertz CT molecular complexity index is 763. The first kappa shape index (κ1) is 18.9. The molecule has 1 fully saturated rings. The minimum atomic E-state index is -0.837. The smallest absolute Gasteiger partial charge is 0.243 e. The highest BCUT2D eigenvalue weighted by atomic mass is 16.5. The van der Waals surface area contributed by atoms with Crippen LogP contribution >= 0.6 is 0 Å². The third-order valence-electron chi connectivity index (χ3n) is 5.22. The van der Waals surface area contributed by atoms with Crippen LogP contribution in [0, 0.1) is 11.8 Å². The lowest BCUT2D eigenvalue weighted by atomic mass is 9.85. The summed E-state index contributed by atoms with van der Waals surface area (Å²) in [6, 6.07) is 4.51. The zero-order chi connectivity index (χ0) is 19.6. The number of carbonyl (C=O) groups is 3. The van der Waals surface area contributed by atoms with Gasteiger partial charge in [0.25, 0.3) is 0 Å². The summed E-state index contributed by atoms with van der Waals surface area (Å²) >= 11 is 0. The summed E-state index contributed by atoms with van der Waals surface area (Å²) in [7, 11) is 3.10. The molecule has 2 aliphatic rings. The second kappa shape index (κ2) is 7.82. The second-order valence-corrected chi connectivity index (χ2v) is 6.79. The van der Waals surface area contributed by atoms with E-state index in [0.717, 1.165) is 10.5 Å². The van der Waals surface area contributed by atoms with E-state index in [2.05, 4.69) is 5.32 Å². The molecular formula is C20H24N2O5. The minimum Gasteiger partial charge on any atom is -0.493 e. The molecule has 1 aliphatic heterocycles. The van der Waals surface area contributed by atoms with Gasteiger partial charge in [0, 0.05) is 6.54 Å². The molecule has 1 saturated heterocycles. The van der Waals surface area contributed by atoms with Crippen molar-refractivity contribution < 1.29 is 23.9 Å². The fourth-order valence-corrected chi connectivity index (χ4v) is 3.65. The van der Waals surface area contributed by atoms with Crippen molar-refractivity contribution in [2.75, 3.05) is 14.2 Å². The standard InChI is InChI=1S/C20H24N2O5/c1-12(22-19(24)14-6-4-5-7-15(14)20(22)25)18(23)21-11-13-8-9-16(26-2)17(10-13)27-3/h4-5,8-10,12,14-15H,6-7,11H2,1-3H3,(H,21,23)/t12-,14+,15+/m0/s1. The maximum atomic E-state index is 12.6. The van der Waals surface area contributed by atoms with Crippen LogP contribution in [-0.4, -0.2) is 42.9 Å². The molecular weight excluding hydrogens is 348 g/mol. The van der Waals surface area contributed by atoms with Gasteiger partial charge in [-0.25, -0.2) is 0 Å². The van der Waals surface area contributed by atoms with Gasteiger partial charge in [-0.3, -0.25) is 19.3 Å². The van der Waals surface area contributed by atoms with E-state index in [9.17, 15) is 14.4 Å². The number of carbonyl (C=O) groups excluding carboxylic acids is 3. The highest BCUT2D eigenvalue weighted by Gasteiger charge is 2.50. The Kier molecular flexibility index (Phi) is 5.48. The number of rotatable bonds is 6. The highest BCUT2D eigenvalue weighted by Crippen LogP contribution is 2.36. The lowest BCUT2D eigenvalue weighted by Crippen LogP contribution is -2.48. The predicted molar refractivity (Wildman–Crippen MR) is 98.1 cm³/mol. The molecule has 0 spiro atoms. The van der Waals surface area contributed by atoms with Gasteiger partial charge in [-0.2, -0.15) is 0 Å². The molecule has 3 amide bonds. The molecule has 144 valence electrons. The van der Waals surface area contributed by atoms with E-state index < -0.39 is 6.04 Å². The third-order valence-corrected chi connectivity index (χ3v) is 5.22. The van der Waals surface area contributed by atoms with Gasteiger partial charge < -0.3 is 14.8 Å². The summed E-state index contributed by atoms with van der Waals surface area (Å²) in [5, 5.41) is 2.79.